The lowest BCUT2D eigenvalue weighted by Gasteiger charge is -2.04. The topological polar surface area (TPSA) is 77.5 Å². The molecule has 16 heavy (non-hydrogen) atoms. The molecule has 1 aromatic carbocycles. The molecule has 0 fully saturated rings. The molecular formula is C11H12N2O3. The molecule has 1 aromatic heterocycles. The summed E-state index contributed by atoms with van der Waals surface area (Å²) in [7, 11) is 0. The number of rotatable bonds is 2. The number of aromatic nitrogens is 1. The van der Waals surface area contributed by atoms with Gasteiger partial charge in [-0.2, -0.15) is 0 Å². The molecule has 0 spiro atoms. The molecule has 5 heteroatoms. The van der Waals surface area contributed by atoms with Gasteiger partial charge >= 0.3 is 5.97 Å². The van der Waals surface area contributed by atoms with Crippen molar-refractivity contribution in [2.45, 2.75) is 13.5 Å². The summed E-state index contributed by atoms with van der Waals surface area (Å²) in [6.07, 6.45) is 0. The summed E-state index contributed by atoms with van der Waals surface area (Å²) in [5.41, 5.74) is 7.09. The summed E-state index contributed by atoms with van der Waals surface area (Å²) in [4.78, 5) is 15.7. The van der Waals surface area contributed by atoms with E-state index in [9.17, 15) is 9.90 Å². The minimum Gasteiger partial charge on any atom is -0.492 e. The van der Waals surface area contributed by atoms with Crippen molar-refractivity contribution in [1.29, 1.82) is 0 Å². The summed E-state index contributed by atoms with van der Waals surface area (Å²) in [5, 5.41) is 10.4. The Morgan fingerprint density at radius 1 is 1.50 bits per heavy atom. The molecule has 2 rings (SSSR count). The quantitative estimate of drug-likeness (QED) is 0.784. The average molecular weight is 220 g/mol. The zero-order chi connectivity index (χ0) is 11.7. The number of aromatic hydroxyl groups is 1. The molecular weight excluding hydrogens is 208 g/mol. The number of carbonyl (C=O) groups excluding carboxylic acids is 1. The molecule has 0 aliphatic carbocycles. The number of fused-ring (bicyclic) bond motifs is 1. The monoisotopic (exact) mass is 220 g/mol. The first-order valence-corrected chi connectivity index (χ1v) is 4.84. The molecule has 0 radical (unpaired) electrons. The van der Waals surface area contributed by atoms with E-state index in [2.05, 4.69) is 0 Å². The van der Waals surface area contributed by atoms with Crippen LogP contribution in [0, 0.1) is 0 Å². The van der Waals surface area contributed by atoms with E-state index in [0.717, 1.165) is 15.7 Å². The summed E-state index contributed by atoms with van der Waals surface area (Å²) in [6.45, 7) is 1.70. The SMILES string of the molecule is CC(=O)On1c(O)cc2cc(CN)ccc21. The average Bonchev–Trinajstić information content (AvgIpc) is 2.54. The van der Waals surface area contributed by atoms with Crippen LogP contribution in [-0.2, 0) is 11.3 Å². The minimum absolute atomic E-state index is 0.112. The maximum absolute atomic E-state index is 10.9. The van der Waals surface area contributed by atoms with E-state index in [0.29, 0.717) is 12.1 Å². The third-order valence-corrected chi connectivity index (χ3v) is 2.26. The van der Waals surface area contributed by atoms with Crippen LogP contribution in [0.1, 0.15) is 12.5 Å². The number of benzene rings is 1. The number of hydrogen-bond acceptors (Lipinski definition) is 4. The van der Waals surface area contributed by atoms with E-state index in [1.54, 1.807) is 6.07 Å². The molecule has 0 aliphatic heterocycles. The zero-order valence-electron chi connectivity index (χ0n) is 8.80. The highest BCUT2D eigenvalue weighted by molar-refractivity contribution is 5.83. The van der Waals surface area contributed by atoms with Crippen LogP contribution in [0.15, 0.2) is 24.3 Å². The molecule has 0 aliphatic rings. The fraction of sp³-hybridized carbons (Fsp3) is 0.182. The molecule has 84 valence electrons. The first kappa shape index (κ1) is 10.5. The van der Waals surface area contributed by atoms with Gasteiger partial charge < -0.3 is 15.7 Å². The zero-order valence-corrected chi connectivity index (χ0v) is 8.80. The van der Waals surface area contributed by atoms with Crippen molar-refractivity contribution in [2.75, 3.05) is 0 Å². The second kappa shape index (κ2) is 3.86. The van der Waals surface area contributed by atoms with Crippen molar-refractivity contribution in [1.82, 2.24) is 4.73 Å². The van der Waals surface area contributed by atoms with E-state index in [1.807, 2.05) is 12.1 Å². The Morgan fingerprint density at radius 3 is 2.88 bits per heavy atom. The first-order valence-electron chi connectivity index (χ1n) is 4.84. The van der Waals surface area contributed by atoms with Gasteiger partial charge in [0.2, 0.25) is 5.88 Å². The molecule has 3 N–H and O–H groups in total. The Morgan fingerprint density at radius 2 is 2.25 bits per heavy atom. The summed E-state index contributed by atoms with van der Waals surface area (Å²) >= 11 is 0. The highest BCUT2D eigenvalue weighted by Crippen LogP contribution is 2.24. The Bertz CT molecular complexity index is 545. The highest BCUT2D eigenvalue weighted by atomic mass is 16.7. The van der Waals surface area contributed by atoms with Gasteiger partial charge in [-0.1, -0.05) is 6.07 Å². The van der Waals surface area contributed by atoms with Crippen molar-refractivity contribution in [3.05, 3.63) is 29.8 Å². The third kappa shape index (κ3) is 1.72. The molecule has 0 saturated heterocycles. The molecule has 5 nitrogen and oxygen atoms in total. The van der Waals surface area contributed by atoms with E-state index in [-0.39, 0.29) is 5.88 Å². The fourth-order valence-electron chi connectivity index (χ4n) is 1.58. The maximum atomic E-state index is 10.9. The minimum atomic E-state index is -0.490. The second-order valence-corrected chi connectivity index (χ2v) is 3.48. The van der Waals surface area contributed by atoms with Crippen LogP contribution in [0.3, 0.4) is 0 Å². The van der Waals surface area contributed by atoms with Gasteiger partial charge in [-0.25, -0.2) is 4.79 Å². The van der Waals surface area contributed by atoms with Crippen molar-refractivity contribution in [2.24, 2.45) is 5.73 Å². The lowest BCUT2D eigenvalue weighted by Crippen LogP contribution is -2.15. The lowest BCUT2D eigenvalue weighted by molar-refractivity contribution is -0.141. The lowest BCUT2D eigenvalue weighted by atomic mass is 10.1. The normalized spacial score (nSPS) is 10.6. The van der Waals surface area contributed by atoms with Gasteiger partial charge in [-0.05, 0) is 17.7 Å². The number of nitrogens with zero attached hydrogens (tertiary/aromatic N) is 1. The van der Waals surface area contributed by atoms with Crippen LogP contribution < -0.4 is 10.6 Å². The van der Waals surface area contributed by atoms with E-state index < -0.39 is 5.97 Å². The van der Waals surface area contributed by atoms with Crippen LogP contribution in [0.25, 0.3) is 10.9 Å². The van der Waals surface area contributed by atoms with Gasteiger partial charge in [0.1, 0.15) is 0 Å². The molecule has 1 heterocycles. The van der Waals surface area contributed by atoms with Gasteiger partial charge in [-0.3, -0.25) is 0 Å². The molecule has 0 atom stereocenters. The van der Waals surface area contributed by atoms with Crippen molar-refractivity contribution < 1.29 is 14.7 Å². The number of carbonyl (C=O) groups is 1. The summed E-state index contributed by atoms with van der Waals surface area (Å²) in [5.74, 6) is -0.602. The van der Waals surface area contributed by atoms with Gasteiger partial charge in [0.05, 0.1) is 5.52 Å². The predicted octanol–water partition coefficient (Wildman–Crippen LogP) is 0.781. The van der Waals surface area contributed by atoms with E-state index in [1.165, 1.54) is 13.0 Å². The van der Waals surface area contributed by atoms with Crippen molar-refractivity contribution >= 4 is 16.9 Å². The van der Waals surface area contributed by atoms with Crippen LogP contribution in [0.5, 0.6) is 5.88 Å². The predicted molar refractivity (Wildman–Crippen MR) is 58.8 cm³/mol. The van der Waals surface area contributed by atoms with Crippen molar-refractivity contribution in [3.8, 4) is 5.88 Å². The second-order valence-electron chi connectivity index (χ2n) is 3.48. The van der Waals surface area contributed by atoms with Crippen molar-refractivity contribution in [3.63, 3.8) is 0 Å². The Labute approximate surface area is 92.0 Å². The molecule has 0 unspecified atom stereocenters. The summed E-state index contributed by atoms with van der Waals surface area (Å²) in [6, 6.07) is 6.94. The van der Waals surface area contributed by atoms with Crippen LogP contribution in [0.4, 0.5) is 0 Å². The fourth-order valence-corrected chi connectivity index (χ4v) is 1.58. The van der Waals surface area contributed by atoms with Crippen LogP contribution >= 0.6 is 0 Å². The standard InChI is InChI=1S/C11H12N2O3/c1-7(14)16-13-10-3-2-8(6-12)4-9(10)5-11(13)15/h2-5,15H,6,12H2,1H3. The van der Waals surface area contributed by atoms with Crippen LogP contribution in [-0.4, -0.2) is 15.8 Å². The molecule has 0 saturated carbocycles. The smallest absolute Gasteiger partial charge is 0.330 e. The Kier molecular flexibility index (Phi) is 2.54. The molecule has 0 bridgehead atoms. The maximum Gasteiger partial charge on any atom is 0.330 e. The van der Waals surface area contributed by atoms with E-state index >= 15 is 0 Å². The van der Waals surface area contributed by atoms with Crippen LogP contribution in [0.2, 0.25) is 0 Å². The Hall–Kier alpha value is -2.01. The molecule has 0 amide bonds. The third-order valence-electron chi connectivity index (χ3n) is 2.26. The largest absolute Gasteiger partial charge is 0.492 e. The van der Waals surface area contributed by atoms with E-state index in [4.69, 9.17) is 10.6 Å². The number of hydrogen-bond donors (Lipinski definition) is 2. The van der Waals surface area contributed by atoms with Gasteiger partial charge in [0.25, 0.3) is 0 Å². The van der Waals surface area contributed by atoms with Gasteiger partial charge in [-0.15, -0.1) is 4.73 Å². The number of nitrogens with two attached hydrogens (primary N) is 1. The first-order chi connectivity index (χ1) is 7.61. The Balaban J connectivity index is 2.57. The highest BCUT2D eigenvalue weighted by Gasteiger charge is 2.10. The summed E-state index contributed by atoms with van der Waals surface area (Å²) < 4.78 is 1.10. The molecule has 2 aromatic rings. The van der Waals surface area contributed by atoms with Gasteiger partial charge in [0.15, 0.2) is 0 Å². The van der Waals surface area contributed by atoms with Gasteiger partial charge in [0, 0.05) is 24.9 Å².